The fourth-order valence-electron chi connectivity index (χ4n) is 2.30. The number of carbonyl (C=O) groups is 1. The highest BCUT2D eigenvalue weighted by atomic mass is 16.1. The van der Waals surface area contributed by atoms with Gasteiger partial charge in [-0.1, -0.05) is 56.5 Å². The standard InChI is InChI=1S/C18H30N2O/c1-15-9-11-16(12-10-15)18(2,3)14-20-17(21)8-6-4-5-7-13-19/h9-12H,4-8,13-14,19H2,1-3H3,(H,20,21). The van der Waals surface area contributed by atoms with E-state index in [1.807, 2.05) is 0 Å². The first-order valence-electron chi connectivity index (χ1n) is 7.99. The maximum Gasteiger partial charge on any atom is 0.220 e. The van der Waals surface area contributed by atoms with Crippen molar-refractivity contribution in [2.45, 2.75) is 58.3 Å². The monoisotopic (exact) mass is 290 g/mol. The smallest absolute Gasteiger partial charge is 0.220 e. The Kier molecular flexibility index (Phi) is 7.44. The minimum absolute atomic E-state index is 0.0388. The first-order chi connectivity index (χ1) is 9.95. The molecule has 1 aromatic carbocycles. The summed E-state index contributed by atoms with van der Waals surface area (Å²) in [6.45, 7) is 7.84. The number of unbranched alkanes of at least 4 members (excludes halogenated alkanes) is 3. The van der Waals surface area contributed by atoms with Gasteiger partial charge in [-0.25, -0.2) is 0 Å². The van der Waals surface area contributed by atoms with E-state index in [0.29, 0.717) is 13.0 Å². The molecule has 0 saturated heterocycles. The average Bonchev–Trinajstić information content (AvgIpc) is 2.45. The summed E-state index contributed by atoms with van der Waals surface area (Å²) >= 11 is 0. The van der Waals surface area contributed by atoms with E-state index in [9.17, 15) is 4.79 Å². The van der Waals surface area contributed by atoms with Crippen LogP contribution in [0.1, 0.15) is 57.1 Å². The Bertz CT molecular complexity index is 423. The van der Waals surface area contributed by atoms with Gasteiger partial charge in [0.25, 0.3) is 0 Å². The molecule has 118 valence electrons. The molecule has 0 aromatic heterocycles. The second-order valence-electron chi connectivity index (χ2n) is 6.48. The third-order valence-corrected chi connectivity index (χ3v) is 3.92. The molecule has 0 atom stereocenters. The van der Waals surface area contributed by atoms with Gasteiger partial charge in [-0.05, 0) is 31.9 Å². The molecule has 1 rings (SSSR count). The Hall–Kier alpha value is -1.35. The number of rotatable bonds is 9. The van der Waals surface area contributed by atoms with Gasteiger partial charge in [-0.15, -0.1) is 0 Å². The zero-order valence-electron chi connectivity index (χ0n) is 13.7. The van der Waals surface area contributed by atoms with Gasteiger partial charge in [0.05, 0.1) is 0 Å². The van der Waals surface area contributed by atoms with E-state index in [2.05, 4.69) is 50.4 Å². The summed E-state index contributed by atoms with van der Waals surface area (Å²) in [6.07, 6.45) is 4.85. The molecule has 0 spiro atoms. The van der Waals surface area contributed by atoms with Gasteiger partial charge in [0.2, 0.25) is 5.91 Å². The minimum atomic E-state index is -0.0388. The van der Waals surface area contributed by atoms with Gasteiger partial charge < -0.3 is 11.1 Å². The summed E-state index contributed by atoms with van der Waals surface area (Å²) in [5.74, 6) is 0.155. The van der Waals surface area contributed by atoms with Crippen molar-refractivity contribution in [2.24, 2.45) is 5.73 Å². The van der Waals surface area contributed by atoms with Crippen molar-refractivity contribution in [3.05, 3.63) is 35.4 Å². The fourth-order valence-corrected chi connectivity index (χ4v) is 2.30. The second-order valence-corrected chi connectivity index (χ2v) is 6.48. The predicted molar refractivity (Wildman–Crippen MR) is 89.4 cm³/mol. The molecule has 3 N–H and O–H groups in total. The third kappa shape index (κ3) is 6.76. The molecular weight excluding hydrogens is 260 g/mol. The fraction of sp³-hybridized carbons (Fsp3) is 0.611. The quantitative estimate of drug-likeness (QED) is 0.686. The minimum Gasteiger partial charge on any atom is -0.355 e. The van der Waals surface area contributed by atoms with Crippen molar-refractivity contribution in [3.8, 4) is 0 Å². The molecule has 1 amide bonds. The molecule has 3 nitrogen and oxygen atoms in total. The van der Waals surface area contributed by atoms with Crippen molar-refractivity contribution in [2.75, 3.05) is 13.1 Å². The summed E-state index contributed by atoms with van der Waals surface area (Å²) in [4.78, 5) is 11.9. The maximum absolute atomic E-state index is 11.9. The lowest BCUT2D eigenvalue weighted by molar-refractivity contribution is -0.121. The van der Waals surface area contributed by atoms with E-state index in [1.165, 1.54) is 11.1 Å². The lowest BCUT2D eigenvalue weighted by atomic mass is 9.84. The lowest BCUT2D eigenvalue weighted by Crippen LogP contribution is -2.36. The molecule has 3 heteroatoms. The normalized spacial score (nSPS) is 11.4. The lowest BCUT2D eigenvalue weighted by Gasteiger charge is -2.26. The van der Waals surface area contributed by atoms with Crippen molar-refractivity contribution in [1.29, 1.82) is 0 Å². The van der Waals surface area contributed by atoms with E-state index < -0.39 is 0 Å². The topological polar surface area (TPSA) is 55.1 Å². The molecule has 21 heavy (non-hydrogen) atoms. The SMILES string of the molecule is Cc1ccc(C(C)(C)CNC(=O)CCCCCCN)cc1. The molecule has 0 radical (unpaired) electrons. The Morgan fingerprint density at radius 3 is 2.33 bits per heavy atom. The van der Waals surface area contributed by atoms with Crippen LogP contribution in [0.3, 0.4) is 0 Å². The highest BCUT2D eigenvalue weighted by Gasteiger charge is 2.21. The molecule has 0 aliphatic heterocycles. The summed E-state index contributed by atoms with van der Waals surface area (Å²) in [6, 6.07) is 8.54. The molecule has 0 unspecified atom stereocenters. The number of nitrogens with one attached hydrogen (secondary N) is 1. The van der Waals surface area contributed by atoms with Crippen molar-refractivity contribution in [3.63, 3.8) is 0 Å². The third-order valence-electron chi connectivity index (χ3n) is 3.92. The Morgan fingerprint density at radius 2 is 1.71 bits per heavy atom. The Labute approximate surface area is 129 Å². The van der Waals surface area contributed by atoms with Crippen molar-refractivity contribution < 1.29 is 4.79 Å². The van der Waals surface area contributed by atoms with Gasteiger partial charge in [-0.3, -0.25) is 4.79 Å². The maximum atomic E-state index is 11.9. The van der Waals surface area contributed by atoms with E-state index in [-0.39, 0.29) is 11.3 Å². The Balaban J connectivity index is 2.32. The van der Waals surface area contributed by atoms with Crippen LogP contribution in [0.25, 0.3) is 0 Å². The Morgan fingerprint density at radius 1 is 1.10 bits per heavy atom. The van der Waals surface area contributed by atoms with Crippen LogP contribution in [0.15, 0.2) is 24.3 Å². The molecular formula is C18H30N2O. The van der Waals surface area contributed by atoms with E-state index in [1.54, 1.807) is 0 Å². The van der Waals surface area contributed by atoms with Gasteiger partial charge in [-0.2, -0.15) is 0 Å². The predicted octanol–water partition coefficient (Wildman–Crippen LogP) is 3.30. The summed E-state index contributed by atoms with van der Waals surface area (Å²) in [7, 11) is 0. The largest absolute Gasteiger partial charge is 0.355 e. The van der Waals surface area contributed by atoms with Crippen LogP contribution in [0, 0.1) is 6.92 Å². The number of hydrogen-bond acceptors (Lipinski definition) is 2. The van der Waals surface area contributed by atoms with Crippen molar-refractivity contribution in [1.82, 2.24) is 5.32 Å². The van der Waals surface area contributed by atoms with Gasteiger partial charge in [0.1, 0.15) is 0 Å². The van der Waals surface area contributed by atoms with Crippen LogP contribution in [-0.4, -0.2) is 19.0 Å². The first-order valence-corrected chi connectivity index (χ1v) is 7.99. The van der Waals surface area contributed by atoms with Gasteiger partial charge >= 0.3 is 0 Å². The molecule has 0 aliphatic carbocycles. The van der Waals surface area contributed by atoms with Crippen LogP contribution in [-0.2, 0) is 10.2 Å². The van der Waals surface area contributed by atoms with Crippen LogP contribution in [0.4, 0.5) is 0 Å². The highest BCUT2D eigenvalue weighted by molar-refractivity contribution is 5.75. The number of carbonyl (C=O) groups excluding carboxylic acids is 1. The number of benzene rings is 1. The first kappa shape index (κ1) is 17.7. The van der Waals surface area contributed by atoms with Gasteiger partial charge in [0, 0.05) is 18.4 Å². The highest BCUT2D eigenvalue weighted by Crippen LogP contribution is 2.22. The number of aryl methyl sites for hydroxylation is 1. The van der Waals surface area contributed by atoms with Crippen LogP contribution in [0.2, 0.25) is 0 Å². The number of amides is 1. The molecule has 0 fully saturated rings. The average molecular weight is 290 g/mol. The molecule has 0 heterocycles. The molecule has 1 aromatic rings. The molecule has 0 aliphatic rings. The number of nitrogens with two attached hydrogens (primary N) is 1. The van der Waals surface area contributed by atoms with Gasteiger partial charge in [0.15, 0.2) is 0 Å². The summed E-state index contributed by atoms with van der Waals surface area (Å²) < 4.78 is 0. The second kappa shape index (κ2) is 8.83. The van der Waals surface area contributed by atoms with Crippen LogP contribution < -0.4 is 11.1 Å². The van der Waals surface area contributed by atoms with Crippen LogP contribution >= 0.6 is 0 Å². The summed E-state index contributed by atoms with van der Waals surface area (Å²) in [5, 5.41) is 3.06. The molecule has 0 bridgehead atoms. The van der Waals surface area contributed by atoms with E-state index in [0.717, 1.165) is 32.2 Å². The molecule has 0 saturated carbocycles. The number of hydrogen-bond donors (Lipinski definition) is 2. The van der Waals surface area contributed by atoms with E-state index in [4.69, 9.17) is 5.73 Å². The van der Waals surface area contributed by atoms with Crippen molar-refractivity contribution >= 4 is 5.91 Å². The zero-order valence-corrected chi connectivity index (χ0v) is 13.7. The van der Waals surface area contributed by atoms with E-state index >= 15 is 0 Å². The van der Waals surface area contributed by atoms with Crippen LogP contribution in [0.5, 0.6) is 0 Å². The summed E-state index contributed by atoms with van der Waals surface area (Å²) in [5.41, 5.74) is 7.93. The zero-order chi connectivity index (χ0) is 15.7.